The van der Waals surface area contributed by atoms with Gasteiger partial charge in [0.05, 0.1) is 0 Å². The number of hydrogen-bond acceptors (Lipinski definition) is 6. The fourth-order valence-corrected chi connectivity index (χ4v) is 0. The quantitative estimate of drug-likeness (QED) is 0.337. The summed E-state index contributed by atoms with van der Waals surface area (Å²) >= 11 is 0. The van der Waals surface area contributed by atoms with Crippen molar-refractivity contribution in [1.82, 2.24) is 0 Å². The molecule has 0 radical (unpaired) electrons. The summed E-state index contributed by atoms with van der Waals surface area (Å²) in [4.78, 5) is 0. The van der Waals surface area contributed by atoms with Crippen molar-refractivity contribution in [2.45, 2.75) is 120 Å². The molecule has 0 rings (SSSR count). The van der Waals surface area contributed by atoms with Crippen LogP contribution in [0.2, 0.25) is 0 Å². The van der Waals surface area contributed by atoms with Crippen LogP contribution in [-0.2, 0) is 0 Å². The first kappa shape index (κ1) is 44.9. The fourth-order valence-electron chi connectivity index (χ4n) is 0. The molecule has 0 unspecified atom stereocenters. The maximum Gasteiger partial charge on any atom is 6.00 e. The Kier molecular flexibility index (Phi) is 71.4. The summed E-state index contributed by atoms with van der Waals surface area (Å²) in [5, 5.41) is 57.2. The molecule has 0 bridgehead atoms. The van der Waals surface area contributed by atoms with Crippen LogP contribution in [0.15, 0.2) is 0 Å². The third-order valence-electron chi connectivity index (χ3n) is 0. The Bertz CT molecular complexity index is 101. The van der Waals surface area contributed by atoms with E-state index in [2.05, 4.69) is 0 Å². The van der Waals surface area contributed by atoms with Crippen LogP contribution in [0.4, 0.5) is 0 Å². The molecular formula is C18H42O6U. The van der Waals surface area contributed by atoms with Crippen LogP contribution >= 0.6 is 0 Å². The van der Waals surface area contributed by atoms with E-state index in [0.29, 0.717) is 0 Å². The van der Waals surface area contributed by atoms with Gasteiger partial charge in [-0.2, -0.15) is 0 Å². The van der Waals surface area contributed by atoms with E-state index < -0.39 is 36.6 Å². The molecule has 0 saturated carbocycles. The predicted molar refractivity (Wildman–Crippen MR) is 90.8 cm³/mol. The van der Waals surface area contributed by atoms with Gasteiger partial charge in [0.25, 0.3) is 0 Å². The standard InChI is InChI=1S/6C3H7O.U/c6*1-3(2)4;/h6*3H,1-2H3;/q6*-1;+6. The van der Waals surface area contributed by atoms with Gasteiger partial charge >= 0.3 is 31.1 Å². The van der Waals surface area contributed by atoms with E-state index in [4.69, 9.17) is 0 Å². The normalized spacial score (nSPS) is 8.64. The molecule has 7 heteroatoms. The Morgan fingerprint density at radius 3 is 0.280 bits per heavy atom. The molecule has 0 atom stereocenters. The second-order valence-corrected chi connectivity index (χ2v) is 6.29. The Morgan fingerprint density at radius 2 is 0.280 bits per heavy atom. The van der Waals surface area contributed by atoms with Gasteiger partial charge in [0.15, 0.2) is 0 Å². The number of hydrogen-bond donors (Lipinski definition) is 0. The fraction of sp³-hybridized carbons (Fsp3) is 1.00. The average Bonchev–Trinajstić information content (AvgIpc) is 2.08. The van der Waals surface area contributed by atoms with Crippen LogP contribution in [0.25, 0.3) is 0 Å². The minimum Gasteiger partial charge on any atom is -0.852 e. The molecule has 154 valence electrons. The van der Waals surface area contributed by atoms with Gasteiger partial charge in [-0.3, -0.25) is 0 Å². The molecule has 0 aromatic carbocycles. The summed E-state index contributed by atoms with van der Waals surface area (Å²) in [6, 6.07) is 0. The minimum absolute atomic E-state index is 0. The van der Waals surface area contributed by atoms with E-state index in [1.165, 1.54) is 0 Å². The molecule has 0 aromatic heterocycles. The van der Waals surface area contributed by atoms with Gasteiger partial charge < -0.3 is 30.6 Å². The van der Waals surface area contributed by atoms with Crippen molar-refractivity contribution >= 4 is 0 Å². The van der Waals surface area contributed by atoms with Crippen LogP contribution in [0, 0.1) is 31.1 Å². The van der Waals surface area contributed by atoms with Gasteiger partial charge in [0.1, 0.15) is 0 Å². The van der Waals surface area contributed by atoms with Crippen LogP contribution < -0.4 is 30.6 Å². The summed E-state index contributed by atoms with van der Waals surface area (Å²) < 4.78 is 0. The molecule has 6 nitrogen and oxygen atoms in total. The van der Waals surface area contributed by atoms with Gasteiger partial charge in [-0.05, 0) is 0 Å². The average molecular weight is 593 g/mol. The van der Waals surface area contributed by atoms with Gasteiger partial charge in [-0.25, -0.2) is 0 Å². The Morgan fingerprint density at radius 1 is 0.280 bits per heavy atom. The van der Waals surface area contributed by atoms with E-state index in [-0.39, 0.29) is 31.1 Å². The van der Waals surface area contributed by atoms with Crippen molar-refractivity contribution in [3.05, 3.63) is 0 Å². The van der Waals surface area contributed by atoms with E-state index >= 15 is 0 Å². The monoisotopic (exact) mass is 592 g/mol. The minimum atomic E-state index is -0.417. The van der Waals surface area contributed by atoms with E-state index in [1.807, 2.05) is 0 Å². The third kappa shape index (κ3) is 19600. The molecule has 0 aromatic rings. The number of rotatable bonds is 0. The molecule has 0 N–H and O–H groups in total. The molecular weight excluding hydrogens is 550 g/mol. The predicted octanol–water partition coefficient (Wildman–Crippen LogP) is -1.47. The second kappa shape index (κ2) is 39.8. The van der Waals surface area contributed by atoms with Crippen molar-refractivity contribution in [2.75, 3.05) is 0 Å². The van der Waals surface area contributed by atoms with Crippen molar-refractivity contribution < 1.29 is 61.8 Å². The van der Waals surface area contributed by atoms with Gasteiger partial charge in [0, 0.05) is 0 Å². The maximum atomic E-state index is 9.53. The zero-order valence-corrected chi connectivity index (χ0v) is 22.6. The van der Waals surface area contributed by atoms with Crippen LogP contribution in [0.5, 0.6) is 0 Å². The van der Waals surface area contributed by atoms with Gasteiger partial charge in [0.2, 0.25) is 0 Å². The summed E-state index contributed by atoms with van der Waals surface area (Å²) in [7, 11) is 0. The molecule has 25 heavy (non-hydrogen) atoms. The molecule has 0 spiro atoms. The summed E-state index contributed by atoms with van der Waals surface area (Å²) in [5.74, 6) is 0. The van der Waals surface area contributed by atoms with E-state index in [0.717, 1.165) is 0 Å². The van der Waals surface area contributed by atoms with Crippen molar-refractivity contribution in [3.63, 3.8) is 0 Å². The molecule has 0 fully saturated rings. The molecule has 0 heterocycles. The second-order valence-electron chi connectivity index (χ2n) is 6.29. The van der Waals surface area contributed by atoms with Crippen molar-refractivity contribution in [2.24, 2.45) is 0 Å². The third-order valence-corrected chi connectivity index (χ3v) is 0. The maximum absolute atomic E-state index is 9.53. The summed E-state index contributed by atoms with van der Waals surface area (Å²) in [5.41, 5.74) is 0. The Hall–Kier alpha value is 0.812. The zero-order valence-electron chi connectivity index (χ0n) is 18.4. The zero-order chi connectivity index (χ0) is 21.5. The summed E-state index contributed by atoms with van der Waals surface area (Å²) in [6.07, 6.45) is -2.50. The smallest absolute Gasteiger partial charge is 0.852 e. The van der Waals surface area contributed by atoms with Crippen molar-refractivity contribution in [1.29, 1.82) is 0 Å². The first-order chi connectivity index (χ1) is 10.4. The van der Waals surface area contributed by atoms with Gasteiger partial charge in [-0.1, -0.05) is 83.1 Å². The SMILES string of the molecule is CC(C)[O-].CC(C)[O-].CC(C)[O-].CC(C)[O-].CC(C)[O-].CC(C)[O-].[U+6]. The van der Waals surface area contributed by atoms with E-state index in [1.54, 1.807) is 83.1 Å². The topological polar surface area (TPSA) is 138 Å². The van der Waals surface area contributed by atoms with Crippen LogP contribution in [-0.4, -0.2) is 36.6 Å². The Labute approximate surface area is 181 Å². The van der Waals surface area contributed by atoms with Crippen LogP contribution in [0.1, 0.15) is 83.1 Å². The molecule has 0 aliphatic carbocycles. The molecule has 0 amide bonds. The molecule has 0 saturated heterocycles. The largest absolute Gasteiger partial charge is 6.00 e. The summed E-state index contributed by atoms with van der Waals surface area (Å²) in [6.45, 7) is 19.3. The van der Waals surface area contributed by atoms with Crippen molar-refractivity contribution in [3.8, 4) is 0 Å². The first-order valence-corrected chi connectivity index (χ1v) is 8.34. The molecule has 0 aliphatic heterocycles. The van der Waals surface area contributed by atoms with Gasteiger partial charge in [-0.15, -0.1) is 36.6 Å². The molecule has 0 aliphatic rings. The van der Waals surface area contributed by atoms with Crippen LogP contribution in [0.3, 0.4) is 0 Å². The first-order valence-electron chi connectivity index (χ1n) is 8.34. The Balaban J connectivity index is -0.0000000309. The van der Waals surface area contributed by atoms with E-state index in [9.17, 15) is 30.6 Å².